The highest BCUT2D eigenvalue weighted by molar-refractivity contribution is 7.91. The SMILES string of the molecule is CC(C)N(C)C1CCC(CS(=O)(=O)c2ccccc2)(N2CC[C@H](Nc3ncnc4ncc(OC(F)(F)F)cc34)C2=O)CC1. The average molecular weight is 621 g/mol. The third-order valence-electron chi connectivity index (χ3n) is 8.62. The number of benzene rings is 1. The van der Waals surface area contributed by atoms with Gasteiger partial charge in [-0.3, -0.25) is 4.79 Å². The Morgan fingerprint density at radius 3 is 2.47 bits per heavy atom. The Labute approximate surface area is 248 Å². The minimum atomic E-state index is -4.90. The number of alkyl halides is 3. The van der Waals surface area contributed by atoms with E-state index >= 15 is 0 Å². The van der Waals surface area contributed by atoms with Crippen LogP contribution in [0.1, 0.15) is 46.0 Å². The molecule has 1 N–H and O–H groups in total. The number of fused-ring (bicyclic) bond motifs is 1. The Kier molecular flexibility index (Phi) is 8.54. The number of halogens is 3. The van der Waals surface area contributed by atoms with Gasteiger partial charge in [0.2, 0.25) is 5.91 Å². The fraction of sp³-hybridized carbons (Fsp3) is 0.517. The normalized spacial score (nSPS) is 23.3. The van der Waals surface area contributed by atoms with Crippen LogP contribution in [0.5, 0.6) is 5.75 Å². The van der Waals surface area contributed by atoms with E-state index in [0.29, 0.717) is 31.8 Å². The van der Waals surface area contributed by atoms with Gasteiger partial charge in [0.25, 0.3) is 0 Å². The third kappa shape index (κ3) is 6.69. The van der Waals surface area contributed by atoms with Crippen molar-refractivity contribution >= 4 is 32.6 Å². The van der Waals surface area contributed by atoms with Gasteiger partial charge in [-0.05, 0) is 71.2 Å². The fourth-order valence-corrected chi connectivity index (χ4v) is 8.10. The molecule has 0 unspecified atom stereocenters. The first-order valence-electron chi connectivity index (χ1n) is 14.2. The topological polar surface area (TPSA) is 118 Å². The van der Waals surface area contributed by atoms with Crippen molar-refractivity contribution in [3.63, 3.8) is 0 Å². The molecule has 5 rings (SSSR count). The fourth-order valence-electron chi connectivity index (χ4n) is 6.21. The molecule has 3 heterocycles. The highest BCUT2D eigenvalue weighted by Gasteiger charge is 2.50. The largest absolute Gasteiger partial charge is 0.573 e. The lowest BCUT2D eigenvalue weighted by Gasteiger charge is -2.48. The van der Waals surface area contributed by atoms with E-state index in [2.05, 4.69) is 50.8 Å². The average Bonchev–Trinajstić information content (AvgIpc) is 3.33. The Balaban J connectivity index is 1.42. The molecule has 2 aromatic heterocycles. The van der Waals surface area contributed by atoms with Gasteiger partial charge in [0.15, 0.2) is 15.5 Å². The standard InChI is InChI=1S/C29H35F3N6O4S/c1-19(2)37(3)20-9-12-28(13-10-20,17-43(40,41)22-7-5-4-6-8-22)38-14-11-24(27(38)39)36-26-23-15-21(42-29(30,31)32)16-33-25(23)34-18-35-26/h4-8,15-16,18-20,24H,9-14,17H2,1-3H3,(H,33,34,35,36)/t20?,24-,28?/m0/s1. The molecule has 2 fully saturated rings. The number of anilines is 1. The van der Waals surface area contributed by atoms with E-state index in [1.165, 1.54) is 6.33 Å². The van der Waals surface area contributed by atoms with Gasteiger partial charge in [0, 0.05) is 18.6 Å². The number of amides is 1. The van der Waals surface area contributed by atoms with Gasteiger partial charge < -0.3 is 19.9 Å². The van der Waals surface area contributed by atoms with Crippen LogP contribution in [0.25, 0.3) is 11.0 Å². The van der Waals surface area contributed by atoms with Crippen LogP contribution in [0.2, 0.25) is 0 Å². The number of aromatic nitrogens is 3. The quantitative estimate of drug-likeness (QED) is 0.371. The molecule has 1 aliphatic heterocycles. The minimum Gasteiger partial charge on any atom is -0.404 e. The van der Waals surface area contributed by atoms with Gasteiger partial charge in [0.05, 0.1) is 27.8 Å². The number of rotatable bonds is 9. The van der Waals surface area contributed by atoms with Crippen LogP contribution in [0, 0.1) is 0 Å². The second kappa shape index (κ2) is 11.9. The Hall–Kier alpha value is -3.52. The first-order chi connectivity index (χ1) is 20.3. The summed E-state index contributed by atoms with van der Waals surface area (Å²) in [6, 6.07) is 9.21. The maximum atomic E-state index is 14.0. The number of pyridine rings is 1. The number of carbonyl (C=O) groups is 1. The van der Waals surface area contributed by atoms with Crippen LogP contribution in [0.4, 0.5) is 19.0 Å². The Morgan fingerprint density at radius 1 is 1.12 bits per heavy atom. The van der Waals surface area contributed by atoms with E-state index in [1.54, 1.807) is 35.2 Å². The monoisotopic (exact) mass is 620 g/mol. The molecule has 1 atom stereocenters. The van der Waals surface area contributed by atoms with Crippen molar-refractivity contribution in [1.29, 1.82) is 0 Å². The van der Waals surface area contributed by atoms with Gasteiger partial charge in [-0.1, -0.05) is 18.2 Å². The van der Waals surface area contributed by atoms with Crippen molar-refractivity contribution in [2.45, 2.75) is 80.9 Å². The second-order valence-corrected chi connectivity index (χ2v) is 13.6. The lowest BCUT2D eigenvalue weighted by Crippen LogP contribution is -2.58. The van der Waals surface area contributed by atoms with Gasteiger partial charge in [-0.2, -0.15) is 0 Å². The molecule has 14 heteroatoms. The molecule has 2 aliphatic rings. The number of nitrogens with one attached hydrogen (secondary N) is 1. The summed E-state index contributed by atoms with van der Waals surface area (Å²) in [5, 5.41) is 3.23. The van der Waals surface area contributed by atoms with E-state index in [1.807, 2.05) is 0 Å². The van der Waals surface area contributed by atoms with Crippen LogP contribution < -0.4 is 10.1 Å². The zero-order chi connectivity index (χ0) is 31.0. The summed E-state index contributed by atoms with van der Waals surface area (Å²) in [6.45, 7) is 4.56. The van der Waals surface area contributed by atoms with Gasteiger partial charge in [-0.25, -0.2) is 23.4 Å². The van der Waals surface area contributed by atoms with Crippen molar-refractivity contribution in [3.05, 3.63) is 48.9 Å². The lowest BCUT2D eigenvalue weighted by molar-refractivity contribution is -0.274. The van der Waals surface area contributed by atoms with Crippen molar-refractivity contribution in [1.82, 2.24) is 24.8 Å². The zero-order valence-corrected chi connectivity index (χ0v) is 25.0. The summed E-state index contributed by atoms with van der Waals surface area (Å²) < 4.78 is 69.8. The second-order valence-electron chi connectivity index (χ2n) is 11.6. The molecule has 0 radical (unpaired) electrons. The molecule has 0 bridgehead atoms. The highest BCUT2D eigenvalue weighted by Crippen LogP contribution is 2.41. The summed E-state index contributed by atoms with van der Waals surface area (Å²) in [5.41, 5.74) is -0.771. The first kappa shape index (κ1) is 30.9. The van der Waals surface area contributed by atoms with Gasteiger partial charge >= 0.3 is 6.36 Å². The van der Waals surface area contributed by atoms with Crippen LogP contribution in [0.3, 0.4) is 0 Å². The van der Waals surface area contributed by atoms with Crippen LogP contribution in [0.15, 0.2) is 53.8 Å². The third-order valence-corrected chi connectivity index (χ3v) is 10.5. The van der Waals surface area contributed by atoms with Crippen molar-refractivity contribution in [3.8, 4) is 5.75 Å². The zero-order valence-electron chi connectivity index (χ0n) is 24.2. The van der Waals surface area contributed by atoms with Crippen LogP contribution in [-0.2, 0) is 14.6 Å². The maximum Gasteiger partial charge on any atom is 0.573 e. The molecular weight excluding hydrogens is 585 g/mol. The predicted octanol–water partition coefficient (Wildman–Crippen LogP) is 4.43. The Morgan fingerprint density at radius 2 is 1.81 bits per heavy atom. The molecular formula is C29H35F3N6O4S. The van der Waals surface area contributed by atoms with Crippen molar-refractivity contribution < 1.29 is 31.1 Å². The van der Waals surface area contributed by atoms with Crippen LogP contribution >= 0.6 is 0 Å². The number of carbonyl (C=O) groups excluding carboxylic acids is 1. The number of hydrogen-bond acceptors (Lipinski definition) is 9. The van der Waals surface area contributed by atoms with Gasteiger partial charge in [-0.15, -0.1) is 13.2 Å². The summed E-state index contributed by atoms with van der Waals surface area (Å²) in [7, 11) is -1.66. The molecule has 3 aromatic rings. The Bertz CT molecular complexity index is 1560. The molecule has 43 heavy (non-hydrogen) atoms. The summed E-state index contributed by atoms with van der Waals surface area (Å²) in [5.74, 6) is -0.871. The van der Waals surface area contributed by atoms with Crippen molar-refractivity contribution in [2.24, 2.45) is 0 Å². The molecule has 1 saturated heterocycles. The summed E-state index contributed by atoms with van der Waals surface area (Å²) >= 11 is 0. The van der Waals surface area contributed by atoms with Crippen molar-refractivity contribution in [2.75, 3.05) is 24.7 Å². The maximum absolute atomic E-state index is 14.0. The first-order valence-corrected chi connectivity index (χ1v) is 15.9. The highest BCUT2D eigenvalue weighted by atomic mass is 32.2. The smallest absolute Gasteiger partial charge is 0.404 e. The molecule has 1 aliphatic carbocycles. The number of likely N-dealkylation sites (tertiary alicyclic amines) is 1. The van der Waals surface area contributed by atoms with E-state index in [0.717, 1.165) is 25.1 Å². The van der Waals surface area contributed by atoms with E-state index in [-0.39, 0.29) is 39.4 Å². The predicted molar refractivity (Wildman–Crippen MR) is 154 cm³/mol. The number of nitrogens with zero attached hydrogens (tertiary/aromatic N) is 5. The van der Waals surface area contributed by atoms with E-state index < -0.39 is 33.5 Å². The molecule has 1 aromatic carbocycles. The molecule has 1 amide bonds. The number of sulfone groups is 1. The molecule has 0 spiro atoms. The van der Waals surface area contributed by atoms with Gasteiger partial charge in [0.1, 0.15) is 23.9 Å². The lowest BCUT2D eigenvalue weighted by atomic mass is 9.78. The number of hydrogen-bond donors (Lipinski definition) is 1. The van der Waals surface area contributed by atoms with E-state index in [4.69, 9.17) is 0 Å². The van der Waals surface area contributed by atoms with Crippen LogP contribution in [-0.4, -0.2) is 88.4 Å². The molecule has 10 nitrogen and oxygen atoms in total. The summed E-state index contributed by atoms with van der Waals surface area (Å²) in [4.78, 5) is 30.3. The van der Waals surface area contributed by atoms with E-state index in [9.17, 15) is 26.4 Å². The minimum absolute atomic E-state index is 0.132. The molecule has 232 valence electrons. The number of ether oxygens (including phenoxy) is 1. The summed E-state index contributed by atoms with van der Waals surface area (Å²) in [6.07, 6.45) is 0.112. The molecule has 1 saturated carbocycles.